The fourth-order valence-electron chi connectivity index (χ4n) is 2.47. The Kier molecular flexibility index (Phi) is 5.01. The third-order valence-electron chi connectivity index (χ3n) is 3.80. The molecule has 0 radical (unpaired) electrons. The third kappa shape index (κ3) is 4.18. The van der Waals surface area contributed by atoms with Crippen LogP contribution in [0, 0.1) is 0 Å². The van der Waals surface area contributed by atoms with E-state index in [1.54, 1.807) is 40.9 Å². The molecule has 0 saturated heterocycles. The van der Waals surface area contributed by atoms with E-state index in [-0.39, 0.29) is 18.5 Å². The van der Waals surface area contributed by atoms with E-state index in [4.69, 9.17) is 4.74 Å². The van der Waals surface area contributed by atoms with Crippen molar-refractivity contribution in [3.63, 3.8) is 0 Å². The number of nitrogens with one attached hydrogen (secondary N) is 1. The van der Waals surface area contributed by atoms with Gasteiger partial charge in [0.25, 0.3) is 5.91 Å². The van der Waals surface area contributed by atoms with E-state index in [1.807, 2.05) is 42.5 Å². The van der Waals surface area contributed by atoms with Crippen molar-refractivity contribution in [1.82, 2.24) is 14.6 Å². The largest absolute Gasteiger partial charge is 0.453 e. The van der Waals surface area contributed by atoms with E-state index in [1.165, 1.54) is 0 Å². The first-order valence-electron chi connectivity index (χ1n) is 8.57. The van der Waals surface area contributed by atoms with E-state index >= 15 is 0 Å². The second kappa shape index (κ2) is 8.09. The Labute approximate surface area is 160 Å². The summed E-state index contributed by atoms with van der Waals surface area (Å²) in [6, 6.07) is 22.3. The number of carbonyl (C=O) groups is 1. The number of aromatic nitrogens is 3. The lowest BCUT2D eigenvalue weighted by Gasteiger charge is -2.06. The molecular formula is C20H16N6O2. The molecule has 4 aromatic rings. The molecule has 8 nitrogen and oxygen atoms in total. The minimum Gasteiger partial charge on any atom is -0.453 e. The van der Waals surface area contributed by atoms with Gasteiger partial charge in [-0.1, -0.05) is 29.4 Å². The maximum absolute atomic E-state index is 12.1. The number of ether oxygens (including phenoxy) is 1. The smallest absolute Gasteiger partial charge is 0.322 e. The summed E-state index contributed by atoms with van der Waals surface area (Å²) in [5.41, 5.74) is 2.75. The van der Waals surface area contributed by atoms with Crippen LogP contribution in [0.5, 0.6) is 6.01 Å². The average Bonchev–Trinajstić information content (AvgIpc) is 3.16. The highest BCUT2D eigenvalue weighted by atomic mass is 16.5. The summed E-state index contributed by atoms with van der Waals surface area (Å²) in [5, 5.41) is 19.0. The van der Waals surface area contributed by atoms with Crippen LogP contribution in [0.3, 0.4) is 0 Å². The fourth-order valence-corrected chi connectivity index (χ4v) is 2.47. The molecule has 2 aromatic heterocycles. The van der Waals surface area contributed by atoms with Crippen LogP contribution in [0.15, 0.2) is 89.2 Å². The predicted molar refractivity (Wildman–Crippen MR) is 104 cm³/mol. The highest BCUT2D eigenvalue weighted by Gasteiger charge is 2.09. The molecule has 0 fully saturated rings. The zero-order chi connectivity index (χ0) is 19.2. The van der Waals surface area contributed by atoms with Crippen LogP contribution < -0.4 is 10.1 Å². The number of hydrogen-bond acceptors (Lipinski definition) is 6. The van der Waals surface area contributed by atoms with E-state index in [2.05, 4.69) is 25.7 Å². The van der Waals surface area contributed by atoms with Crippen molar-refractivity contribution in [3.05, 3.63) is 79.0 Å². The Bertz CT molecular complexity index is 1110. The zero-order valence-corrected chi connectivity index (χ0v) is 14.8. The number of fused-ring (bicyclic) bond motifs is 1. The van der Waals surface area contributed by atoms with Crippen LogP contribution in [0.4, 0.5) is 17.1 Å². The summed E-state index contributed by atoms with van der Waals surface area (Å²) >= 11 is 0. The van der Waals surface area contributed by atoms with Crippen molar-refractivity contribution >= 4 is 28.6 Å². The van der Waals surface area contributed by atoms with Crippen molar-refractivity contribution in [2.75, 3.05) is 11.9 Å². The molecule has 2 aromatic carbocycles. The number of benzene rings is 2. The highest BCUT2D eigenvalue weighted by Crippen LogP contribution is 2.20. The molecule has 0 aliphatic rings. The number of anilines is 1. The van der Waals surface area contributed by atoms with Crippen LogP contribution in [0.25, 0.3) is 5.65 Å². The predicted octanol–water partition coefficient (Wildman–Crippen LogP) is 4.16. The molecule has 138 valence electrons. The number of carbonyl (C=O) groups excluding carboxylic acids is 1. The lowest BCUT2D eigenvalue weighted by Crippen LogP contribution is -2.20. The molecule has 0 saturated carbocycles. The molecule has 1 amide bonds. The minimum absolute atomic E-state index is 0.175. The van der Waals surface area contributed by atoms with Gasteiger partial charge >= 0.3 is 6.01 Å². The maximum atomic E-state index is 12.1. The van der Waals surface area contributed by atoms with Crippen LogP contribution >= 0.6 is 0 Å². The molecule has 0 spiro atoms. The van der Waals surface area contributed by atoms with Crippen molar-refractivity contribution in [2.45, 2.75) is 0 Å². The number of azo groups is 1. The first-order valence-corrected chi connectivity index (χ1v) is 8.57. The Morgan fingerprint density at radius 1 is 0.893 bits per heavy atom. The quantitative estimate of drug-likeness (QED) is 0.514. The van der Waals surface area contributed by atoms with Gasteiger partial charge in [-0.3, -0.25) is 9.20 Å². The Morgan fingerprint density at radius 2 is 1.61 bits per heavy atom. The second-order valence-electron chi connectivity index (χ2n) is 5.83. The van der Waals surface area contributed by atoms with Crippen molar-refractivity contribution in [1.29, 1.82) is 0 Å². The van der Waals surface area contributed by atoms with Gasteiger partial charge in [0.2, 0.25) is 0 Å². The highest BCUT2D eigenvalue weighted by molar-refractivity contribution is 5.91. The van der Waals surface area contributed by atoms with E-state index in [0.717, 1.165) is 5.69 Å². The number of hydrogen-bond donors (Lipinski definition) is 1. The summed E-state index contributed by atoms with van der Waals surface area (Å²) in [4.78, 5) is 12.1. The van der Waals surface area contributed by atoms with Gasteiger partial charge in [-0.2, -0.15) is 10.2 Å². The molecule has 0 unspecified atom stereocenters. The monoisotopic (exact) mass is 372 g/mol. The van der Waals surface area contributed by atoms with Crippen LogP contribution in [-0.2, 0) is 4.79 Å². The van der Waals surface area contributed by atoms with Crippen LogP contribution in [0.1, 0.15) is 0 Å². The number of pyridine rings is 1. The number of amides is 1. The minimum atomic E-state index is -0.300. The van der Waals surface area contributed by atoms with E-state index in [9.17, 15) is 4.79 Å². The fraction of sp³-hybridized carbons (Fsp3) is 0.0500. The van der Waals surface area contributed by atoms with Crippen molar-refractivity contribution in [3.8, 4) is 6.01 Å². The first kappa shape index (κ1) is 17.3. The van der Waals surface area contributed by atoms with Crippen LogP contribution in [0.2, 0.25) is 0 Å². The van der Waals surface area contributed by atoms with Gasteiger partial charge in [-0.05, 0) is 48.5 Å². The molecule has 0 bridgehead atoms. The maximum Gasteiger partial charge on any atom is 0.322 e. The van der Waals surface area contributed by atoms with Crippen molar-refractivity contribution in [2.24, 2.45) is 10.2 Å². The molecule has 0 aliphatic carbocycles. The summed E-state index contributed by atoms with van der Waals surface area (Å²) in [6.45, 7) is -0.175. The van der Waals surface area contributed by atoms with Gasteiger partial charge in [0.1, 0.15) is 0 Å². The molecular weight excluding hydrogens is 356 g/mol. The molecule has 28 heavy (non-hydrogen) atoms. The molecule has 4 rings (SSSR count). The van der Waals surface area contributed by atoms with Gasteiger partial charge in [0.05, 0.1) is 11.4 Å². The lowest BCUT2D eigenvalue weighted by atomic mass is 10.3. The SMILES string of the molecule is O=C(COc1nnc2ccccn12)Nc1ccc(N=Nc2ccccc2)cc1. The van der Waals surface area contributed by atoms with E-state index < -0.39 is 0 Å². The van der Waals surface area contributed by atoms with E-state index in [0.29, 0.717) is 17.0 Å². The Hall–Kier alpha value is -4.07. The standard InChI is InChI=1S/C20H16N6O2/c27-19(14-28-20-25-24-18-8-4-5-13-26(18)20)21-15-9-11-17(12-10-15)23-22-16-6-2-1-3-7-16/h1-13H,14H2,(H,21,27). The Morgan fingerprint density at radius 3 is 2.39 bits per heavy atom. The first-order chi connectivity index (χ1) is 13.8. The number of rotatable bonds is 6. The normalized spacial score (nSPS) is 11.0. The Balaban J connectivity index is 1.32. The van der Waals surface area contributed by atoms with Crippen LogP contribution in [-0.4, -0.2) is 27.1 Å². The summed E-state index contributed by atoms with van der Waals surface area (Å²) in [7, 11) is 0. The van der Waals surface area contributed by atoms with Crippen molar-refractivity contribution < 1.29 is 9.53 Å². The second-order valence-corrected chi connectivity index (χ2v) is 5.83. The lowest BCUT2D eigenvalue weighted by molar-refractivity contribution is -0.118. The summed E-state index contributed by atoms with van der Waals surface area (Å²) in [6.07, 6.45) is 1.77. The van der Waals surface area contributed by atoms with Gasteiger partial charge in [0.15, 0.2) is 12.3 Å². The van der Waals surface area contributed by atoms with Gasteiger partial charge in [0, 0.05) is 11.9 Å². The van der Waals surface area contributed by atoms with Gasteiger partial charge < -0.3 is 10.1 Å². The molecule has 8 heteroatoms. The summed E-state index contributed by atoms with van der Waals surface area (Å²) in [5.74, 6) is -0.300. The topological polar surface area (TPSA) is 93.2 Å². The molecule has 2 heterocycles. The third-order valence-corrected chi connectivity index (χ3v) is 3.80. The zero-order valence-electron chi connectivity index (χ0n) is 14.8. The summed E-state index contributed by atoms with van der Waals surface area (Å²) < 4.78 is 7.11. The molecule has 1 N–H and O–H groups in total. The molecule has 0 atom stereocenters. The average molecular weight is 372 g/mol. The van der Waals surface area contributed by atoms with Gasteiger partial charge in [-0.25, -0.2) is 0 Å². The van der Waals surface area contributed by atoms with Gasteiger partial charge in [-0.15, -0.1) is 5.10 Å². The molecule has 0 aliphatic heterocycles. The number of nitrogens with zero attached hydrogens (tertiary/aromatic N) is 5.